The topological polar surface area (TPSA) is 82.1 Å². The van der Waals surface area contributed by atoms with Crippen LogP contribution in [0.5, 0.6) is 11.5 Å². The summed E-state index contributed by atoms with van der Waals surface area (Å²) in [6, 6.07) is 12.2. The highest BCUT2D eigenvalue weighted by Crippen LogP contribution is 2.40. The minimum atomic E-state index is -0.595. The van der Waals surface area contributed by atoms with Crippen molar-refractivity contribution in [2.24, 2.45) is 5.92 Å². The molecule has 1 aliphatic heterocycles. The molecule has 1 amide bonds. The van der Waals surface area contributed by atoms with E-state index in [9.17, 15) is 14.4 Å². The third-order valence-corrected chi connectivity index (χ3v) is 5.39. The van der Waals surface area contributed by atoms with E-state index in [0.29, 0.717) is 34.2 Å². The molecule has 1 fully saturated rings. The number of hydrogen-bond acceptors (Lipinski definition) is 6. The van der Waals surface area contributed by atoms with Gasteiger partial charge in [-0.3, -0.25) is 14.4 Å². The van der Waals surface area contributed by atoms with E-state index in [-0.39, 0.29) is 37.7 Å². The molecule has 0 saturated carbocycles. The molecule has 1 unspecified atom stereocenters. The first-order valence-corrected chi connectivity index (χ1v) is 10.3. The van der Waals surface area contributed by atoms with Crippen LogP contribution in [0.4, 0.5) is 5.69 Å². The monoisotopic (exact) mass is 445 g/mol. The summed E-state index contributed by atoms with van der Waals surface area (Å²) < 4.78 is 15.8. The molecule has 0 N–H and O–H groups in total. The zero-order chi connectivity index (χ0) is 22.4. The van der Waals surface area contributed by atoms with Crippen molar-refractivity contribution >= 4 is 34.9 Å². The van der Waals surface area contributed by atoms with Crippen molar-refractivity contribution in [2.45, 2.75) is 19.3 Å². The Hall–Kier alpha value is -3.06. The van der Waals surface area contributed by atoms with Gasteiger partial charge in [-0.2, -0.15) is 0 Å². The zero-order valence-electron chi connectivity index (χ0n) is 17.4. The summed E-state index contributed by atoms with van der Waals surface area (Å²) in [5, 5.41) is 0.334. The number of carbonyl (C=O) groups excluding carboxylic acids is 3. The van der Waals surface area contributed by atoms with E-state index in [2.05, 4.69) is 0 Å². The number of anilines is 1. The predicted molar refractivity (Wildman–Crippen MR) is 116 cm³/mol. The van der Waals surface area contributed by atoms with Gasteiger partial charge < -0.3 is 19.1 Å². The van der Waals surface area contributed by atoms with E-state index in [0.717, 1.165) is 0 Å². The second kappa shape index (κ2) is 10.3. The van der Waals surface area contributed by atoms with Crippen molar-refractivity contribution in [3.05, 3.63) is 53.1 Å². The lowest BCUT2D eigenvalue weighted by Gasteiger charge is -2.20. The number of esters is 1. The molecule has 0 bridgehead atoms. The van der Waals surface area contributed by atoms with Crippen LogP contribution in [-0.2, 0) is 14.3 Å². The molecule has 7 nitrogen and oxygen atoms in total. The van der Waals surface area contributed by atoms with Gasteiger partial charge in [0.25, 0.3) is 0 Å². The van der Waals surface area contributed by atoms with Crippen LogP contribution in [0.25, 0.3) is 0 Å². The standard InChI is InChI=1S/C23H24ClNO6/c1-29-20-13-21(30-2)18(12-17(20)24)25-14-16(11-22(25)27)23(28)31-10-6-9-19(26)15-7-4-3-5-8-15/h3-5,7-8,12-13,16H,6,9-11,14H2,1-2H3. The van der Waals surface area contributed by atoms with E-state index < -0.39 is 11.9 Å². The molecule has 3 rings (SSSR count). The first-order valence-electron chi connectivity index (χ1n) is 9.91. The Balaban J connectivity index is 1.55. The van der Waals surface area contributed by atoms with Gasteiger partial charge in [0, 0.05) is 31.0 Å². The van der Waals surface area contributed by atoms with Gasteiger partial charge in [0.1, 0.15) is 11.5 Å². The van der Waals surface area contributed by atoms with Crippen LogP contribution >= 0.6 is 11.6 Å². The fourth-order valence-corrected chi connectivity index (χ4v) is 3.68. The number of halogens is 1. The van der Waals surface area contributed by atoms with Gasteiger partial charge >= 0.3 is 5.97 Å². The molecule has 164 valence electrons. The molecular weight excluding hydrogens is 422 g/mol. The van der Waals surface area contributed by atoms with E-state index in [4.69, 9.17) is 25.8 Å². The lowest BCUT2D eigenvalue weighted by Crippen LogP contribution is -2.27. The smallest absolute Gasteiger partial charge is 0.311 e. The summed E-state index contributed by atoms with van der Waals surface area (Å²) in [6.45, 7) is 0.291. The molecular formula is C23H24ClNO6. The first-order chi connectivity index (χ1) is 14.9. The molecule has 1 aliphatic rings. The van der Waals surface area contributed by atoms with Crippen LogP contribution in [-0.4, -0.2) is 45.0 Å². The Morgan fingerprint density at radius 3 is 2.48 bits per heavy atom. The Bertz CT molecular complexity index is 962. The molecule has 2 aromatic rings. The van der Waals surface area contributed by atoms with Gasteiger partial charge in [-0.1, -0.05) is 41.9 Å². The Labute approximate surface area is 185 Å². The predicted octanol–water partition coefficient (Wildman–Crippen LogP) is 3.92. The SMILES string of the molecule is COc1cc(OC)c(N2CC(C(=O)OCCCC(=O)c3ccccc3)CC2=O)cc1Cl. The highest BCUT2D eigenvalue weighted by atomic mass is 35.5. The van der Waals surface area contributed by atoms with E-state index in [1.54, 1.807) is 36.4 Å². The molecule has 0 radical (unpaired) electrons. The van der Waals surface area contributed by atoms with Gasteiger partial charge in [-0.05, 0) is 12.5 Å². The number of benzene rings is 2. The molecule has 1 saturated heterocycles. The molecule has 8 heteroatoms. The lowest BCUT2D eigenvalue weighted by atomic mass is 10.1. The first kappa shape index (κ1) is 22.6. The van der Waals surface area contributed by atoms with Crippen LogP contribution in [0, 0.1) is 5.92 Å². The van der Waals surface area contributed by atoms with E-state index in [1.165, 1.54) is 19.1 Å². The molecule has 2 aromatic carbocycles. The molecule has 31 heavy (non-hydrogen) atoms. The van der Waals surface area contributed by atoms with Gasteiger partial charge in [0.05, 0.1) is 37.5 Å². The second-order valence-corrected chi connectivity index (χ2v) is 7.53. The quantitative estimate of drug-likeness (QED) is 0.330. The number of ketones is 1. The maximum atomic E-state index is 12.5. The summed E-state index contributed by atoms with van der Waals surface area (Å²) in [5.41, 5.74) is 1.11. The van der Waals surface area contributed by atoms with Gasteiger partial charge in [0.2, 0.25) is 5.91 Å². The number of nitrogens with zero attached hydrogens (tertiary/aromatic N) is 1. The molecule has 0 aliphatic carbocycles. The third kappa shape index (κ3) is 5.35. The summed E-state index contributed by atoms with van der Waals surface area (Å²) in [4.78, 5) is 38.6. The summed E-state index contributed by atoms with van der Waals surface area (Å²) in [7, 11) is 2.97. The Kier molecular flexibility index (Phi) is 7.52. The Morgan fingerprint density at radius 1 is 1.10 bits per heavy atom. The van der Waals surface area contributed by atoms with Crippen molar-refractivity contribution < 1.29 is 28.6 Å². The Morgan fingerprint density at radius 2 is 1.81 bits per heavy atom. The fraction of sp³-hybridized carbons (Fsp3) is 0.348. The number of Topliss-reactive ketones (excluding diaryl/α,β-unsaturated/α-hetero) is 1. The number of ether oxygens (including phenoxy) is 3. The second-order valence-electron chi connectivity index (χ2n) is 7.12. The highest BCUT2D eigenvalue weighted by molar-refractivity contribution is 6.32. The average Bonchev–Trinajstić information content (AvgIpc) is 3.18. The van der Waals surface area contributed by atoms with Gasteiger partial charge in [-0.15, -0.1) is 0 Å². The minimum Gasteiger partial charge on any atom is -0.495 e. The number of hydrogen-bond donors (Lipinski definition) is 0. The number of methoxy groups -OCH3 is 2. The van der Waals surface area contributed by atoms with Crippen molar-refractivity contribution in [2.75, 3.05) is 32.3 Å². The van der Waals surface area contributed by atoms with Crippen LogP contribution in [0.2, 0.25) is 5.02 Å². The fourth-order valence-electron chi connectivity index (χ4n) is 3.45. The molecule has 1 atom stereocenters. The molecule has 0 aromatic heterocycles. The molecule has 1 heterocycles. The summed E-state index contributed by atoms with van der Waals surface area (Å²) in [5.74, 6) is -0.425. The largest absolute Gasteiger partial charge is 0.495 e. The van der Waals surface area contributed by atoms with Crippen LogP contribution in [0.1, 0.15) is 29.6 Å². The number of carbonyl (C=O) groups is 3. The van der Waals surface area contributed by atoms with Crippen molar-refractivity contribution in [1.82, 2.24) is 0 Å². The summed E-state index contributed by atoms with van der Waals surface area (Å²) >= 11 is 6.20. The molecule has 0 spiro atoms. The van der Waals surface area contributed by atoms with E-state index in [1.807, 2.05) is 6.07 Å². The minimum absolute atomic E-state index is 0.00217. The van der Waals surface area contributed by atoms with Gasteiger partial charge in [0.15, 0.2) is 5.78 Å². The number of rotatable bonds is 9. The maximum absolute atomic E-state index is 12.5. The number of amides is 1. The lowest BCUT2D eigenvalue weighted by molar-refractivity contribution is -0.148. The normalized spacial score (nSPS) is 15.6. The van der Waals surface area contributed by atoms with Crippen LogP contribution in [0.3, 0.4) is 0 Å². The third-order valence-electron chi connectivity index (χ3n) is 5.09. The van der Waals surface area contributed by atoms with Crippen molar-refractivity contribution in [1.29, 1.82) is 0 Å². The van der Waals surface area contributed by atoms with Gasteiger partial charge in [-0.25, -0.2) is 0 Å². The van der Waals surface area contributed by atoms with Crippen molar-refractivity contribution in [3.63, 3.8) is 0 Å². The van der Waals surface area contributed by atoms with Crippen LogP contribution < -0.4 is 14.4 Å². The maximum Gasteiger partial charge on any atom is 0.311 e. The van der Waals surface area contributed by atoms with Crippen molar-refractivity contribution in [3.8, 4) is 11.5 Å². The average molecular weight is 446 g/mol. The van der Waals surface area contributed by atoms with Crippen LogP contribution in [0.15, 0.2) is 42.5 Å². The summed E-state index contributed by atoms with van der Waals surface area (Å²) in [6.07, 6.45) is 0.745. The zero-order valence-corrected chi connectivity index (χ0v) is 18.2. The highest BCUT2D eigenvalue weighted by Gasteiger charge is 2.37. The van der Waals surface area contributed by atoms with E-state index >= 15 is 0 Å².